The number of pyridine rings is 1. The summed E-state index contributed by atoms with van der Waals surface area (Å²) in [5, 5.41) is 3.37. The van der Waals surface area contributed by atoms with Gasteiger partial charge < -0.3 is 14.6 Å². The third kappa shape index (κ3) is 4.82. The number of rotatable bonds is 6. The Morgan fingerprint density at radius 1 is 1.17 bits per heavy atom. The topological polar surface area (TPSA) is 46.5 Å². The molecule has 0 atom stereocenters. The van der Waals surface area contributed by atoms with E-state index in [1.54, 1.807) is 6.07 Å². The van der Waals surface area contributed by atoms with Gasteiger partial charge in [-0.25, -0.2) is 0 Å². The van der Waals surface area contributed by atoms with Crippen molar-refractivity contribution in [3.05, 3.63) is 28.7 Å². The Hall–Kier alpha value is -1.33. The SMILES string of the molecule is O=c1c(OCCN2CCCCC2)cccn1CC1CCNCC1. The van der Waals surface area contributed by atoms with Gasteiger partial charge in [0.05, 0.1) is 0 Å². The van der Waals surface area contributed by atoms with Gasteiger partial charge in [0.25, 0.3) is 5.56 Å². The molecule has 2 saturated heterocycles. The van der Waals surface area contributed by atoms with E-state index in [0.29, 0.717) is 18.3 Å². The summed E-state index contributed by atoms with van der Waals surface area (Å²) >= 11 is 0. The molecule has 3 heterocycles. The van der Waals surface area contributed by atoms with Crippen LogP contribution in [0.2, 0.25) is 0 Å². The molecule has 1 aromatic heterocycles. The van der Waals surface area contributed by atoms with Gasteiger partial charge in [0, 0.05) is 19.3 Å². The standard InChI is InChI=1S/C18H29N3O2/c22-18-17(23-14-13-20-10-2-1-3-11-20)5-4-12-21(18)15-16-6-8-19-9-7-16/h4-5,12,16,19H,1-3,6-11,13-15H2. The Kier molecular flexibility index (Phi) is 6.11. The summed E-state index contributed by atoms with van der Waals surface area (Å²) in [7, 11) is 0. The average molecular weight is 319 g/mol. The van der Waals surface area contributed by atoms with Crippen LogP contribution in [0.25, 0.3) is 0 Å². The number of hydrogen-bond donors (Lipinski definition) is 1. The van der Waals surface area contributed by atoms with Gasteiger partial charge in [-0.3, -0.25) is 9.69 Å². The van der Waals surface area contributed by atoms with Crippen LogP contribution in [0.1, 0.15) is 32.1 Å². The number of nitrogens with zero attached hydrogens (tertiary/aromatic N) is 2. The third-order valence-corrected chi connectivity index (χ3v) is 5.01. The van der Waals surface area contributed by atoms with Crippen molar-refractivity contribution in [1.29, 1.82) is 0 Å². The third-order valence-electron chi connectivity index (χ3n) is 5.01. The number of likely N-dealkylation sites (tertiary alicyclic amines) is 1. The molecule has 0 unspecified atom stereocenters. The highest BCUT2D eigenvalue weighted by Gasteiger charge is 2.15. The minimum atomic E-state index is 0.0182. The molecule has 0 spiro atoms. The Bertz CT molecular complexity index is 531. The van der Waals surface area contributed by atoms with E-state index in [-0.39, 0.29) is 5.56 Å². The van der Waals surface area contributed by atoms with Crippen LogP contribution in [0.3, 0.4) is 0 Å². The zero-order valence-corrected chi connectivity index (χ0v) is 14.0. The van der Waals surface area contributed by atoms with E-state index in [2.05, 4.69) is 10.2 Å². The molecule has 0 radical (unpaired) electrons. The molecule has 1 aromatic rings. The first-order valence-corrected chi connectivity index (χ1v) is 9.08. The Labute approximate surface area is 138 Å². The van der Waals surface area contributed by atoms with E-state index in [4.69, 9.17) is 4.74 Å². The predicted octanol–water partition coefficient (Wildman–Crippen LogP) is 1.71. The maximum atomic E-state index is 12.5. The number of piperidine rings is 2. The summed E-state index contributed by atoms with van der Waals surface area (Å²) in [6, 6.07) is 3.73. The minimum absolute atomic E-state index is 0.0182. The van der Waals surface area contributed by atoms with Gasteiger partial charge in [-0.1, -0.05) is 6.42 Å². The lowest BCUT2D eigenvalue weighted by Gasteiger charge is -2.26. The lowest BCUT2D eigenvalue weighted by Crippen LogP contribution is -2.34. The lowest BCUT2D eigenvalue weighted by molar-refractivity contribution is 0.181. The van der Waals surface area contributed by atoms with Crippen molar-refractivity contribution < 1.29 is 4.74 Å². The summed E-state index contributed by atoms with van der Waals surface area (Å²) in [5.74, 6) is 1.09. The fourth-order valence-electron chi connectivity index (χ4n) is 3.58. The molecule has 2 aliphatic heterocycles. The number of hydrogen-bond acceptors (Lipinski definition) is 4. The van der Waals surface area contributed by atoms with E-state index in [1.807, 2.05) is 16.8 Å². The van der Waals surface area contributed by atoms with Crippen LogP contribution in [-0.2, 0) is 6.54 Å². The average Bonchev–Trinajstić information content (AvgIpc) is 2.60. The Balaban J connectivity index is 1.52. The minimum Gasteiger partial charge on any atom is -0.487 e. The molecule has 0 amide bonds. The summed E-state index contributed by atoms with van der Waals surface area (Å²) < 4.78 is 7.61. The lowest BCUT2D eigenvalue weighted by atomic mass is 9.98. The van der Waals surface area contributed by atoms with E-state index in [9.17, 15) is 4.79 Å². The second-order valence-corrected chi connectivity index (χ2v) is 6.77. The highest BCUT2D eigenvalue weighted by atomic mass is 16.5. The van der Waals surface area contributed by atoms with Crippen molar-refractivity contribution in [3.63, 3.8) is 0 Å². The van der Waals surface area contributed by atoms with Crippen molar-refractivity contribution in [2.75, 3.05) is 39.3 Å². The van der Waals surface area contributed by atoms with E-state index >= 15 is 0 Å². The first-order chi connectivity index (χ1) is 11.3. The van der Waals surface area contributed by atoms with Crippen molar-refractivity contribution in [2.24, 2.45) is 5.92 Å². The fourth-order valence-corrected chi connectivity index (χ4v) is 3.58. The zero-order valence-electron chi connectivity index (χ0n) is 14.0. The molecule has 5 nitrogen and oxygen atoms in total. The first-order valence-electron chi connectivity index (χ1n) is 9.08. The van der Waals surface area contributed by atoms with Gasteiger partial charge >= 0.3 is 0 Å². The van der Waals surface area contributed by atoms with Crippen molar-refractivity contribution in [3.8, 4) is 5.75 Å². The number of ether oxygens (including phenoxy) is 1. The van der Waals surface area contributed by atoms with Crippen LogP contribution >= 0.6 is 0 Å². The number of aromatic nitrogens is 1. The summed E-state index contributed by atoms with van der Waals surface area (Å²) in [6.07, 6.45) is 8.10. The van der Waals surface area contributed by atoms with E-state index in [0.717, 1.165) is 52.1 Å². The molecule has 128 valence electrons. The van der Waals surface area contributed by atoms with Crippen molar-refractivity contribution in [2.45, 2.75) is 38.6 Å². The molecule has 23 heavy (non-hydrogen) atoms. The normalized spacial score (nSPS) is 20.5. The highest BCUT2D eigenvalue weighted by molar-refractivity contribution is 5.17. The molecule has 3 rings (SSSR count). The van der Waals surface area contributed by atoms with Crippen LogP contribution in [-0.4, -0.2) is 48.8 Å². The second-order valence-electron chi connectivity index (χ2n) is 6.77. The fraction of sp³-hybridized carbons (Fsp3) is 0.722. The van der Waals surface area contributed by atoms with Crippen molar-refractivity contribution >= 4 is 0 Å². The van der Waals surface area contributed by atoms with Gasteiger partial charge in [-0.2, -0.15) is 0 Å². The van der Waals surface area contributed by atoms with Crippen LogP contribution < -0.4 is 15.6 Å². The summed E-state index contributed by atoms with van der Waals surface area (Å²) in [6.45, 7) is 6.78. The van der Waals surface area contributed by atoms with Gasteiger partial charge in [0.2, 0.25) is 0 Å². The summed E-state index contributed by atoms with van der Waals surface area (Å²) in [4.78, 5) is 15.0. The molecular weight excluding hydrogens is 290 g/mol. The number of nitrogens with one attached hydrogen (secondary N) is 1. The second kappa shape index (κ2) is 8.50. The molecule has 0 saturated carbocycles. The quantitative estimate of drug-likeness (QED) is 0.867. The van der Waals surface area contributed by atoms with E-state index < -0.39 is 0 Å². The Morgan fingerprint density at radius 3 is 2.74 bits per heavy atom. The van der Waals surface area contributed by atoms with Crippen LogP contribution in [0.4, 0.5) is 0 Å². The molecule has 1 N–H and O–H groups in total. The van der Waals surface area contributed by atoms with E-state index in [1.165, 1.54) is 19.3 Å². The van der Waals surface area contributed by atoms with Gasteiger partial charge in [0.15, 0.2) is 5.75 Å². The maximum Gasteiger partial charge on any atom is 0.292 e. The van der Waals surface area contributed by atoms with Crippen LogP contribution in [0.15, 0.2) is 23.1 Å². The molecule has 5 heteroatoms. The molecule has 0 bridgehead atoms. The van der Waals surface area contributed by atoms with Crippen molar-refractivity contribution in [1.82, 2.24) is 14.8 Å². The summed E-state index contributed by atoms with van der Waals surface area (Å²) in [5.41, 5.74) is 0.0182. The monoisotopic (exact) mass is 319 g/mol. The largest absolute Gasteiger partial charge is 0.487 e. The zero-order chi connectivity index (χ0) is 15.9. The predicted molar refractivity (Wildman–Crippen MR) is 92.1 cm³/mol. The van der Waals surface area contributed by atoms with Gasteiger partial charge in [0.1, 0.15) is 6.61 Å². The molecule has 0 aliphatic carbocycles. The van der Waals surface area contributed by atoms with Gasteiger partial charge in [-0.05, 0) is 69.9 Å². The molecule has 2 fully saturated rings. The Morgan fingerprint density at radius 2 is 1.96 bits per heavy atom. The molecule has 0 aromatic carbocycles. The molecule has 2 aliphatic rings. The first kappa shape index (κ1) is 16.5. The van der Waals surface area contributed by atoms with Crippen LogP contribution in [0.5, 0.6) is 5.75 Å². The highest BCUT2D eigenvalue weighted by Crippen LogP contribution is 2.14. The van der Waals surface area contributed by atoms with Crippen LogP contribution in [0, 0.1) is 5.92 Å². The smallest absolute Gasteiger partial charge is 0.292 e. The molecular formula is C18H29N3O2. The maximum absolute atomic E-state index is 12.5. The van der Waals surface area contributed by atoms with Gasteiger partial charge in [-0.15, -0.1) is 0 Å².